The van der Waals surface area contributed by atoms with Crippen molar-refractivity contribution >= 4 is 6.29 Å². The molecule has 1 rings (SSSR count). The van der Waals surface area contributed by atoms with Crippen LogP contribution in [-0.4, -0.2) is 6.29 Å². The zero-order valence-corrected chi connectivity index (χ0v) is 18.3. The number of carbonyl (C=O) groups is 1. The maximum atomic E-state index is 10.3. The van der Waals surface area contributed by atoms with E-state index in [1.54, 1.807) is 12.2 Å². The lowest BCUT2D eigenvalue weighted by Crippen LogP contribution is -2.19. The van der Waals surface area contributed by atoms with E-state index in [9.17, 15) is 4.79 Å². The third kappa shape index (κ3) is 8.87. The lowest BCUT2D eigenvalue weighted by molar-refractivity contribution is -0.104. The summed E-state index contributed by atoms with van der Waals surface area (Å²) >= 11 is 0. The molecule has 1 aliphatic rings. The van der Waals surface area contributed by atoms with Gasteiger partial charge in [0.2, 0.25) is 0 Å². The van der Waals surface area contributed by atoms with E-state index in [2.05, 4.69) is 69.9 Å². The Morgan fingerprint density at radius 3 is 2.11 bits per heavy atom. The molecule has 0 spiro atoms. The van der Waals surface area contributed by atoms with Gasteiger partial charge in [-0.3, -0.25) is 4.79 Å². The third-order valence-electron chi connectivity index (χ3n) is 4.89. The molecule has 0 atom stereocenters. The number of allylic oxidation sites excluding steroid dienone is 14. The van der Waals surface area contributed by atoms with Crippen LogP contribution in [-0.2, 0) is 4.79 Å². The van der Waals surface area contributed by atoms with E-state index in [1.807, 2.05) is 19.9 Å². The monoisotopic (exact) mass is 374 g/mol. The van der Waals surface area contributed by atoms with Crippen LogP contribution in [0.25, 0.3) is 0 Å². The van der Waals surface area contributed by atoms with Gasteiger partial charge in [-0.05, 0) is 87.3 Å². The molecule has 0 bridgehead atoms. The molecule has 0 aromatic carbocycles. The van der Waals surface area contributed by atoms with Gasteiger partial charge in [0, 0.05) is 0 Å². The SMILES string of the molecule is CC(C=CC=O)=CC#CC=C(C)C=CC=C(C)C=CC1=C(C)CCCC1(C)C. The van der Waals surface area contributed by atoms with Gasteiger partial charge in [-0.2, -0.15) is 0 Å². The maximum Gasteiger partial charge on any atom is 0.142 e. The fourth-order valence-corrected chi connectivity index (χ4v) is 3.23. The second kappa shape index (κ2) is 12.0. The lowest BCUT2D eigenvalue weighted by atomic mass is 9.72. The van der Waals surface area contributed by atoms with Crippen molar-refractivity contribution < 1.29 is 4.79 Å². The quantitative estimate of drug-likeness (QED) is 0.207. The molecule has 0 saturated heterocycles. The van der Waals surface area contributed by atoms with Gasteiger partial charge >= 0.3 is 0 Å². The summed E-state index contributed by atoms with van der Waals surface area (Å²) in [5.41, 5.74) is 6.59. The Morgan fingerprint density at radius 1 is 0.929 bits per heavy atom. The number of hydrogen-bond donors (Lipinski definition) is 0. The summed E-state index contributed by atoms with van der Waals surface area (Å²) in [7, 11) is 0. The Bertz CT molecular complexity index is 821. The molecule has 0 unspecified atom stereocenters. The molecule has 0 fully saturated rings. The molecule has 1 aliphatic carbocycles. The third-order valence-corrected chi connectivity index (χ3v) is 4.89. The first-order valence-corrected chi connectivity index (χ1v) is 9.96. The van der Waals surface area contributed by atoms with E-state index in [1.165, 1.54) is 42.1 Å². The van der Waals surface area contributed by atoms with E-state index >= 15 is 0 Å². The van der Waals surface area contributed by atoms with Crippen LogP contribution in [0.15, 0.2) is 82.5 Å². The molecule has 0 radical (unpaired) electrons. The van der Waals surface area contributed by atoms with Gasteiger partial charge in [-0.1, -0.05) is 73.3 Å². The van der Waals surface area contributed by atoms with E-state index in [0.29, 0.717) is 0 Å². The molecule has 0 aromatic heterocycles. The molecular weight excluding hydrogens is 340 g/mol. The maximum absolute atomic E-state index is 10.3. The van der Waals surface area contributed by atoms with E-state index in [4.69, 9.17) is 0 Å². The zero-order chi connectivity index (χ0) is 21.0. The van der Waals surface area contributed by atoms with Gasteiger partial charge in [0.05, 0.1) is 0 Å². The van der Waals surface area contributed by atoms with Crippen LogP contribution >= 0.6 is 0 Å². The zero-order valence-electron chi connectivity index (χ0n) is 18.3. The topological polar surface area (TPSA) is 17.1 Å². The van der Waals surface area contributed by atoms with Gasteiger partial charge in [0.1, 0.15) is 6.29 Å². The number of aldehydes is 1. The lowest BCUT2D eigenvalue weighted by Gasteiger charge is -2.32. The van der Waals surface area contributed by atoms with Crippen molar-refractivity contribution in [2.45, 2.75) is 60.8 Å². The molecule has 148 valence electrons. The highest BCUT2D eigenvalue weighted by molar-refractivity contribution is 5.65. The van der Waals surface area contributed by atoms with Gasteiger partial charge in [-0.25, -0.2) is 0 Å². The molecule has 0 amide bonds. The van der Waals surface area contributed by atoms with Crippen molar-refractivity contribution in [3.8, 4) is 11.8 Å². The summed E-state index contributed by atoms with van der Waals surface area (Å²) in [4.78, 5) is 10.3. The number of carbonyl (C=O) groups excluding carboxylic acids is 1. The average Bonchev–Trinajstić information content (AvgIpc) is 2.62. The molecule has 0 aliphatic heterocycles. The van der Waals surface area contributed by atoms with E-state index < -0.39 is 0 Å². The van der Waals surface area contributed by atoms with Crippen LogP contribution in [0.1, 0.15) is 60.8 Å². The Morgan fingerprint density at radius 2 is 1.54 bits per heavy atom. The van der Waals surface area contributed by atoms with Gasteiger partial charge in [0.15, 0.2) is 0 Å². The van der Waals surface area contributed by atoms with Crippen LogP contribution in [0.5, 0.6) is 0 Å². The fraction of sp³-hybridized carbons (Fsp3) is 0.370. The molecule has 0 N–H and O–H groups in total. The molecular formula is C27H34O. The molecule has 1 nitrogen and oxygen atoms in total. The molecule has 1 heteroatoms. The van der Waals surface area contributed by atoms with Crippen molar-refractivity contribution in [3.05, 3.63) is 82.5 Å². The first-order valence-electron chi connectivity index (χ1n) is 9.96. The van der Waals surface area contributed by atoms with E-state index in [-0.39, 0.29) is 5.41 Å². The summed E-state index contributed by atoms with van der Waals surface area (Å²) in [5, 5.41) is 0. The molecule has 28 heavy (non-hydrogen) atoms. The Hall–Kier alpha value is -2.59. The minimum absolute atomic E-state index is 0.281. The Labute approximate surface area is 172 Å². The van der Waals surface area contributed by atoms with E-state index in [0.717, 1.165) is 17.4 Å². The largest absolute Gasteiger partial charge is 0.299 e. The Kier molecular flexibility index (Phi) is 10.0. The summed E-state index contributed by atoms with van der Waals surface area (Å²) in [5.74, 6) is 5.98. The Balaban J connectivity index is 2.71. The first kappa shape index (κ1) is 23.4. The van der Waals surface area contributed by atoms with Crippen LogP contribution < -0.4 is 0 Å². The van der Waals surface area contributed by atoms with Gasteiger partial charge in [0.25, 0.3) is 0 Å². The summed E-state index contributed by atoms with van der Waals surface area (Å²) in [6.45, 7) is 13.0. The normalized spacial score (nSPS) is 18.9. The molecule has 0 heterocycles. The number of rotatable bonds is 6. The van der Waals surface area contributed by atoms with Crippen LogP contribution in [0.4, 0.5) is 0 Å². The number of hydrogen-bond acceptors (Lipinski definition) is 1. The fourth-order valence-electron chi connectivity index (χ4n) is 3.23. The van der Waals surface area contributed by atoms with Crippen molar-refractivity contribution in [1.29, 1.82) is 0 Å². The van der Waals surface area contributed by atoms with Crippen molar-refractivity contribution in [2.75, 3.05) is 0 Å². The van der Waals surface area contributed by atoms with Crippen molar-refractivity contribution in [3.63, 3.8) is 0 Å². The highest BCUT2D eigenvalue weighted by Crippen LogP contribution is 2.40. The predicted octanol–water partition coefficient (Wildman–Crippen LogP) is 7.22. The second-order valence-corrected chi connectivity index (χ2v) is 8.10. The average molecular weight is 375 g/mol. The summed E-state index contributed by atoms with van der Waals surface area (Å²) < 4.78 is 0. The highest BCUT2D eigenvalue weighted by Gasteiger charge is 2.26. The predicted molar refractivity (Wildman–Crippen MR) is 123 cm³/mol. The van der Waals surface area contributed by atoms with Gasteiger partial charge < -0.3 is 0 Å². The standard InChI is InChI=1S/C27H34O/c1-22(12-7-8-13-23(2)16-11-21-28)14-9-15-24(3)18-19-26-25(4)17-10-20-27(26,5)6/h9,11-16,18-19,21H,10,17,20H2,1-6H3. The van der Waals surface area contributed by atoms with Crippen molar-refractivity contribution in [2.24, 2.45) is 5.41 Å². The minimum atomic E-state index is 0.281. The van der Waals surface area contributed by atoms with Crippen molar-refractivity contribution in [1.82, 2.24) is 0 Å². The summed E-state index contributed by atoms with van der Waals surface area (Å²) in [6, 6.07) is 0. The second-order valence-electron chi connectivity index (χ2n) is 8.10. The highest BCUT2D eigenvalue weighted by atomic mass is 16.1. The minimum Gasteiger partial charge on any atom is -0.299 e. The molecule has 0 saturated carbocycles. The smallest absolute Gasteiger partial charge is 0.142 e. The van der Waals surface area contributed by atoms with Crippen LogP contribution in [0, 0.1) is 17.3 Å². The van der Waals surface area contributed by atoms with Crippen LogP contribution in [0.2, 0.25) is 0 Å². The van der Waals surface area contributed by atoms with Crippen LogP contribution in [0.3, 0.4) is 0 Å². The first-order chi connectivity index (χ1) is 13.3. The summed E-state index contributed by atoms with van der Waals surface area (Å²) in [6.07, 6.45) is 22.2. The van der Waals surface area contributed by atoms with Gasteiger partial charge in [-0.15, -0.1) is 0 Å². The molecule has 0 aromatic rings.